The Hall–Kier alpha value is -1.75. The molecule has 0 radical (unpaired) electrons. The lowest BCUT2D eigenvalue weighted by Crippen LogP contribution is -2.66. The Morgan fingerprint density at radius 1 is 1.27 bits per heavy atom. The summed E-state index contributed by atoms with van der Waals surface area (Å²) in [5, 5.41) is 48.2. The average molecular weight is 315 g/mol. The summed E-state index contributed by atoms with van der Waals surface area (Å²) in [6, 6.07) is 5.83. The van der Waals surface area contributed by atoms with Crippen LogP contribution < -0.4 is 5.73 Å². The van der Waals surface area contributed by atoms with E-state index in [9.17, 15) is 25.2 Å². The minimum atomic E-state index is -2.94. The van der Waals surface area contributed by atoms with E-state index >= 15 is 0 Å². The minimum absolute atomic E-state index is 0.0701. The second-order valence-electron chi connectivity index (χ2n) is 4.87. The van der Waals surface area contributed by atoms with Gasteiger partial charge in [-0.1, -0.05) is 12.1 Å². The Morgan fingerprint density at radius 2 is 1.91 bits per heavy atom. The topological polar surface area (TPSA) is 163 Å². The summed E-state index contributed by atoms with van der Waals surface area (Å²) in [6.45, 7) is -0.779. The number of para-hydroxylation sites is 1. The molecule has 9 nitrogen and oxygen atoms in total. The molecule has 2 rings (SSSR count). The van der Waals surface area contributed by atoms with Gasteiger partial charge in [0, 0.05) is 5.69 Å². The minimum Gasteiger partial charge on any atom is -0.402 e. The number of esters is 1. The van der Waals surface area contributed by atoms with Gasteiger partial charge in [-0.05, 0) is 12.1 Å². The fraction of sp³-hybridized carbons (Fsp3) is 0.462. The molecule has 1 aromatic rings. The lowest BCUT2D eigenvalue weighted by molar-refractivity contribution is -0.430. The molecule has 0 spiro atoms. The molecule has 1 aliphatic heterocycles. The summed E-state index contributed by atoms with van der Waals surface area (Å²) in [6.07, 6.45) is -7.15. The van der Waals surface area contributed by atoms with Gasteiger partial charge in [0.1, 0.15) is 18.3 Å². The molecular weight excluding hydrogens is 298 g/mol. The lowest BCUT2D eigenvalue weighted by Gasteiger charge is -2.43. The third kappa shape index (κ3) is 2.90. The first-order valence-electron chi connectivity index (χ1n) is 6.43. The SMILES string of the molecule is Nc1ccccc1C(=O)O[C@@]1(O)O[C@H](CO)[C@H](O)[C@H](O)[C@H]1O. The second kappa shape index (κ2) is 6.16. The van der Waals surface area contributed by atoms with E-state index in [2.05, 4.69) is 0 Å². The highest BCUT2D eigenvalue weighted by Gasteiger charge is 2.56. The van der Waals surface area contributed by atoms with Crippen LogP contribution in [0.2, 0.25) is 0 Å². The molecule has 0 saturated carbocycles. The van der Waals surface area contributed by atoms with Crippen LogP contribution in [-0.4, -0.2) is 68.5 Å². The Labute approximate surface area is 125 Å². The number of aliphatic hydroxyl groups excluding tert-OH is 4. The van der Waals surface area contributed by atoms with Gasteiger partial charge in [0.25, 0.3) is 0 Å². The Kier molecular flexibility index (Phi) is 4.66. The van der Waals surface area contributed by atoms with E-state index in [4.69, 9.17) is 20.3 Å². The molecule has 0 amide bonds. The number of anilines is 1. The third-order valence-corrected chi connectivity index (χ3v) is 3.35. The van der Waals surface area contributed by atoms with Gasteiger partial charge in [-0.2, -0.15) is 0 Å². The number of nitrogens with two attached hydrogens (primary N) is 1. The van der Waals surface area contributed by atoms with Crippen LogP contribution in [0, 0.1) is 0 Å². The molecule has 122 valence electrons. The summed E-state index contributed by atoms with van der Waals surface area (Å²) in [4.78, 5) is 12.0. The summed E-state index contributed by atoms with van der Waals surface area (Å²) in [5.41, 5.74) is 5.57. The van der Waals surface area contributed by atoms with Crippen LogP contribution >= 0.6 is 0 Å². The van der Waals surface area contributed by atoms with Crippen molar-refractivity contribution in [2.45, 2.75) is 30.4 Å². The van der Waals surface area contributed by atoms with E-state index in [1.54, 1.807) is 6.07 Å². The van der Waals surface area contributed by atoms with E-state index in [1.165, 1.54) is 18.2 Å². The number of aliphatic hydroxyl groups is 5. The first kappa shape index (κ1) is 16.6. The highest BCUT2D eigenvalue weighted by molar-refractivity contribution is 5.95. The summed E-state index contributed by atoms with van der Waals surface area (Å²) in [5.74, 6) is -4.05. The molecule has 0 aromatic heterocycles. The van der Waals surface area contributed by atoms with Crippen LogP contribution in [0.25, 0.3) is 0 Å². The second-order valence-corrected chi connectivity index (χ2v) is 4.87. The number of nitrogen functional groups attached to an aromatic ring is 1. The van der Waals surface area contributed by atoms with Crippen LogP contribution in [-0.2, 0) is 9.47 Å². The maximum atomic E-state index is 12.0. The number of carbonyl (C=O) groups is 1. The van der Waals surface area contributed by atoms with Crippen molar-refractivity contribution in [1.82, 2.24) is 0 Å². The molecule has 0 bridgehead atoms. The summed E-state index contributed by atoms with van der Waals surface area (Å²) >= 11 is 0. The predicted octanol–water partition coefficient (Wildman–Crippen LogP) is -2.45. The van der Waals surface area contributed by atoms with Gasteiger partial charge in [-0.25, -0.2) is 4.79 Å². The zero-order valence-corrected chi connectivity index (χ0v) is 11.4. The van der Waals surface area contributed by atoms with Gasteiger partial charge >= 0.3 is 11.9 Å². The molecule has 7 N–H and O–H groups in total. The number of ether oxygens (including phenoxy) is 2. The van der Waals surface area contributed by atoms with Crippen molar-refractivity contribution in [1.29, 1.82) is 0 Å². The lowest BCUT2D eigenvalue weighted by atomic mass is 9.98. The molecule has 1 heterocycles. The molecular formula is C13H17NO8. The predicted molar refractivity (Wildman–Crippen MR) is 71.2 cm³/mol. The van der Waals surface area contributed by atoms with Gasteiger partial charge in [0.2, 0.25) is 0 Å². The Morgan fingerprint density at radius 3 is 2.50 bits per heavy atom. The maximum absolute atomic E-state index is 12.0. The quantitative estimate of drug-likeness (QED) is 0.202. The fourth-order valence-corrected chi connectivity index (χ4v) is 2.08. The molecule has 0 unspecified atom stereocenters. The Bertz CT molecular complexity index is 551. The number of hydrogen-bond acceptors (Lipinski definition) is 9. The van der Waals surface area contributed by atoms with Crippen molar-refractivity contribution in [3.63, 3.8) is 0 Å². The molecule has 0 aliphatic carbocycles. The fourth-order valence-electron chi connectivity index (χ4n) is 2.08. The van der Waals surface area contributed by atoms with Crippen molar-refractivity contribution in [3.05, 3.63) is 29.8 Å². The van der Waals surface area contributed by atoms with Crippen LogP contribution in [0.5, 0.6) is 0 Å². The highest BCUT2D eigenvalue weighted by atomic mass is 16.8. The van der Waals surface area contributed by atoms with Gasteiger partial charge in [-0.3, -0.25) is 0 Å². The zero-order valence-electron chi connectivity index (χ0n) is 11.4. The molecule has 1 fully saturated rings. The molecule has 9 heteroatoms. The largest absolute Gasteiger partial charge is 0.402 e. The summed E-state index contributed by atoms with van der Waals surface area (Å²) in [7, 11) is 0. The van der Waals surface area contributed by atoms with Crippen LogP contribution in [0.1, 0.15) is 10.4 Å². The van der Waals surface area contributed by atoms with Crippen molar-refractivity contribution in [2.75, 3.05) is 12.3 Å². The van der Waals surface area contributed by atoms with Crippen molar-refractivity contribution >= 4 is 11.7 Å². The van der Waals surface area contributed by atoms with E-state index in [0.717, 1.165) is 0 Å². The van der Waals surface area contributed by atoms with Crippen molar-refractivity contribution in [3.8, 4) is 0 Å². The summed E-state index contributed by atoms with van der Waals surface area (Å²) < 4.78 is 9.50. The van der Waals surface area contributed by atoms with E-state index in [-0.39, 0.29) is 11.3 Å². The number of rotatable bonds is 3. The molecule has 1 aromatic carbocycles. The third-order valence-electron chi connectivity index (χ3n) is 3.35. The van der Waals surface area contributed by atoms with Crippen molar-refractivity contribution < 1.29 is 39.8 Å². The van der Waals surface area contributed by atoms with Crippen LogP contribution in [0.3, 0.4) is 0 Å². The smallest absolute Gasteiger partial charge is 0.357 e. The standard InChI is InChI=1S/C13H17NO8/c14-7-4-2-1-3-6(7)12(19)22-13(20)11(18)10(17)9(16)8(5-15)21-13/h1-4,8-11,15-18,20H,5,14H2/t8-,9+,10+,11-,13+/m1/s1. The molecule has 5 atom stereocenters. The first-order valence-corrected chi connectivity index (χ1v) is 6.43. The van der Waals surface area contributed by atoms with Crippen LogP contribution in [0.15, 0.2) is 24.3 Å². The monoisotopic (exact) mass is 315 g/mol. The van der Waals surface area contributed by atoms with E-state index in [0.29, 0.717) is 0 Å². The number of hydrogen-bond donors (Lipinski definition) is 6. The highest BCUT2D eigenvalue weighted by Crippen LogP contribution is 2.30. The normalized spacial score (nSPS) is 35.1. The van der Waals surface area contributed by atoms with Crippen molar-refractivity contribution in [2.24, 2.45) is 0 Å². The first-order chi connectivity index (χ1) is 10.3. The number of carbonyl (C=O) groups excluding carboxylic acids is 1. The maximum Gasteiger partial charge on any atom is 0.357 e. The van der Waals surface area contributed by atoms with Gasteiger partial charge in [0.15, 0.2) is 6.10 Å². The van der Waals surface area contributed by atoms with E-state index < -0.39 is 43.0 Å². The molecule has 22 heavy (non-hydrogen) atoms. The van der Waals surface area contributed by atoms with Gasteiger partial charge in [-0.15, -0.1) is 0 Å². The number of benzene rings is 1. The Balaban J connectivity index is 2.23. The van der Waals surface area contributed by atoms with E-state index in [1.807, 2.05) is 0 Å². The van der Waals surface area contributed by atoms with Gasteiger partial charge in [0.05, 0.1) is 12.2 Å². The van der Waals surface area contributed by atoms with Gasteiger partial charge < -0.3 is 40.7 Å². The van der Waals surface area contributed by atoms with Crippen LogP contribution in [0.4, 0.5) is 5.69 Å². The average Bonchev–Trinajstić information content (AvgIpc) is 2.49. The molecule has 1 saturated heterocycles. The molecule has 1 aliphatic rings. The zero-order chi connectivity index (χ0) is 16.5.